The van der Waals surface area contributed by atoms with Crippen LogP contribution in [0.3, 0.4) is 0 Å². The summed E-state index contributed by atoms with van der Waals surface area (Å²) in [5.74, 6) is -1.40. The summed E-state index contributed by atoms with van der Waals surface area (Å²) >= 11 is 0. The van der Waals surface area contributed by atoms with E-state index in [2.05, 4.69) is 10.3 Å². The van der Waals surface area contributed by atoms with Crippen LogP contribution in [0.15, 0.2) is 12.1 Å². The van der Waals surface area contributed by atoms with Crippen LogP contribution in [0.4, 0.5) is 5.82 Å². The lowest BCUT2D eigenvalue weighted by Crippen LogP contribution is -2.64. The fraction of sp³-hybridized carbons (Fsp3) is 0.455. The van der Waals surface area contributed by atoms with Gasteiger partial charge < -0.3 is 25.3 Å². The molecule has 19 heavy (non-hydrogen) atoms. The average molecular weight is 267 g/mol. The van der Waals surface area contributed by atoms with Gasteiger partial charge in [0.15, 0.2) is 0 Å². The number of rotatable bonds is 5. The van der Waals surface area contributed by atoms with Crippen LogP contribution < -0.4 is 10.1 Å². The van der Waals surface area contributed by atoms with Crippen LogP contribution >= 0.6 is 0 Å². The summed E-state index contributed by atoms with van der Waals surface area (Å²) in [5.41, 5.74) is -0.439. The molecule has 0 aromatic carbocycles. The highest BCUT2D eigenvalue weighted by atomic mass is 16.6. The Balaban J connectivity index is 2.27. The maximum absolute atomic E-state index is 10.9. The van der Waals surface area contributed by atoms with Crippen molar-refractivity contribution in [3.63, 3.8) is 0 Å². The minimum atomic E-state index is -1.01. The van der Waals surface area contributed by atoms with E-state index in [0.29, 0.717) is 18.8 Å². The first-order valence-electron chi connectivity index (χ1n) is 5.65. The summed E-state index contributed by atoms with van der Waals surface area (Å²) in [7, 11) is 0. The molecule has 2 heterocycles. The third-order valence-corrected chi connectivity index (χ3v) is 2.85. The number of nitrogens with zero attached hydrogens (tertiary/aromatic N) is 2. The quantitative estimate of drug-likeness (QED) is 0.589. The highest BCUT2D eigenvalue weighted by molar-refractivity contribution is 5.68. The van der Waals surface area contributed by atoms with Crippen molar-refractivity contribution >= 4 is 11.8 Å². The van der Waals surface area contributed by atoms with Gasteiger partial charge in [-0.2, -0.15) is 0 Å². The number of nitrogens with one attached hydrogen (secondary N) is 1. The number of ether oxygens (including phenoxy) is 1. The van der Waals surface area contributed by atoms with Gasteiger partial charge in [0.1, 0.15) is 11.3 Å². The zero-order valence-corrected chi connectivity index (χ0v) is 10.3. The molecular formula is C11H13N3O5. The summed E-state index contributed by atoms with van der Waals surface area (Å²) < 4.78 is 5.55. The van der Waals surface area contributed by atoms with E-state index in [1.165, 1.54) is 6.07 Å². The van der Waals surface area contributed by atoms with E-state index in [9.17, 15) is 14.9 Å². The van der Waals surface area contributed by atoms with Gasteiger partial charge in [-0.15, -0.1) is 0 Å². The van der Waals surface area contributed by atoms with Gasteiger partial charge in [-0.1, -0.05) is 0 Å². The first-order valence-corrected chi connectivity index (χ1v) is 5.65. The molecule has 0 spiro atoms. The predicted molar refractivity (Wildman–Crippen MR) is 64.1 cm³/mol. The van der Waals surface area contributed by atoms with E-state index in [1.54, 1.807) is 13.0 Å². The fourth-order valence-electron chi connectivity index (χ4n) is 1.89. The van der Waals surface area contributed by atoms with Crippen molar-refractivity contribution in [2.24, 2.45) is 0 Å². The van der Waals surface area contributed by atoms with Crippen LogP contribution in [0, 0.1) is 17.0 Å². The Bertz CT molecular complexity index is 527. The molecule has 1 fully saturated rings. The lowest BCUT2D eigenvalue weighted by atomic mass is 9.92. The molecular weight excluding hydrogens is 254 g/mol. The number of carboxylic acid groups (broad SMARTS) is 1. The zero-order valence-electron chi connectivity index (χ0n) is 10.3. The van der Waals surface area contributed by atoms with Crippen LogP contribution in [0.1, 0.15) is 12.1 Å². The maximum Gasteiger partial charge on any atom is 0.406 e. The second-order valence-corrected chi connectivity index (χ2v) is 4.49. The highest BCUT2D eigenvalue weighted by Gasteiger charge is 2.43. The Labute approximate surface area is 108 Å². The number of carbonyl (C=O) groups is 1. The number of carboxylic acids is 1. The minimum Gasteiger partial charge on any atom is -0.481 e. The largest absolute Gasteiger partial charge is 0.481 e. The van der Waals surface area contributed by atoms with Crippen LogP contribution in [0.2, 0.25) is 0 Å². The third-order valence-electron chi connectivity index (χ3n) is 2.85. The highest BCUT2D eigenvalue weighted by Crippen LogP contribution is 2.31. The Morgan fingerprint density at radius 2 is 2.32 bits per heavy atom. The van der Waals surface area contributed by atoms with E-state index in [-0.39, 0.29) is 12.2 Å². The molecule has 0 amide bonds. The molecule has 2 N–H and O–H groups in total. The smallest absolute Gasteiger partial charge is 0.406 e. The van der Waals surface area contributed by atoms with Crippen molar-refractivity contribution in [3.05, 3.63) is 27.9 Å². The van der Waals surface area contributed by atoms with Crippen molar-refractivity contribution in [2.45, 2.75) is 18.9 Å². The van der Waals surface area contributed by atoms with Gasteiger partial charge >= 0.3 is 11.8 Å². The monoisotopic (exact) mass is 267 g/mol. The molecule has 102 valence electrons. The van der Waals surface area contributed by atoms with Gasteiger partial charge in [0.25, 0.3) is 0 Å². The summed E-state index contributed by atoms with van der Waals surface area (Å²) in [4.78, 5) is 24.9. The van der Waals surface area contributed by atoms with Crippen molar-refractivity contribution in [2.75, 3.05) is 13.1 Å². The molecule has 8 heteroatoms. The SMILES string of the molecule is Cc1ccc(OC2(CC(=O)O)CNC2)c([N+](=O)[O-])n1. The van der Waals surface area contributed by atoms with Crippen molar-refractivity contribution in [1.29, 1.82) is 0 Å². The van der Waals surface area contributed by atoms with Crippen molar-refractivity contribution < 1.29 is 19.6 Å². The number of pyridine rings is 1. The summed E-state index contributed by atoms with van der Waals surface area (Å²) in [5, 5.41) is 22.7. The maximum atomic E-state index is 10.9. The van der Waals surface area contributed by atoms with Gasteiger partial charge in [-0.05, 0) is 22.0 Å². The average Bonchev–Trinajstić information content (AvgIpc) is 2.27. The molecule has 1 aromatic rings. The molecule has 2 rings (SSSR count). The zero-order chi connectivity index (χ0) is 14.0. The Kier molecular flexibility index (Phi) is 3.34. The van der Waals surface area contributed by atoms with Gasteiger partial charge in [0.05, 0.1) is 6.42 Å². The Morgan fingerprint density at radius 1 is 1.63 bits per heavy atom. The lowest BCUT2D eigenvalue weighted by molar-refractivity contribution is -0.391. The van der Waals surface area contributed by atoms with E-state index in [1.807, 2.05) is 0 Å². The molecule has 8 nitrogen and oxygen atoms in total. The number of nitro groups is 1. The molecule has 0 unspecified atom stereocenters. The van der Waals surface area contributed by atoms with Gasteiger partial charge in [0.2, 0.25) is 5.75 Å². The van der Waals surface area contributed by atoms with E-state index < -0.39 is 22.3 Å². The summed E-state index contributed by atoms with van der Waals surface area (Å²) in [6.07, 6.45) is -0.217. The predicted octanol–water partition coefficient (Wildman–Crippen LogP) is 0.494. The van der Waals surface area contributed by atoms with Crippen LogP contribution in [0.5, 0.6) is 5.75 Å². The van der Waals surface area contributed by atoms with Crippen molar-refractivity contribution in [1.82, 2.24) is 10.3 Å². The topological polar surface area (TPSA) is 115 Å². The Hall–Kier alpha value is -2.22. The molecule has 1 aromatic heterocycles. The van der Waals surface area contributed by atoms with Gasteiger partial charge in [-0.3, -0.25) is 4.79 Å². The molecule has 0 bridgehead atoms. The van der Waals surface area contributed by atoms with E-state index in [0.717, 1.165) is 0 Å². The van der Waals surface area contributed by atoms with Gasteiger partial charge in [-0.25, -0.2) is 0 Å². The molecule has 1 aliphatic rings. The van der Waals surface area contributed by atoms with Crippen LogP contribution in [0.25, 0.3) is 0 Å². The first-order chi connectivity index (χ1) is 8.92. The normalized spacial score (nSPS) is 16.5. The fourth-order valence-corrected chi connectivity index (χ4v) is 1.89. The number of aromatic nitrogens is 1. The second kappa shape index (κ2) is 4.81. The van der Waals surface area contributed by atoms with Crippen LogP contribution in [-0.4, -0.2) is 39.7 Å². The Morgan fingerprint density at radius 3 is 2.79 bits per heavy atom. The second-order valence-electron chi connectivity index (χ2n) is 4.49. The number of hydrogen-bond donors (Lipinski definition) is 2. The van der Waals surface area contributed by atoms with Crippen molar-refractivity contribution in [3.8, 4) is 5.75 Å². The minimum absolute atomic E-state index is 0.00153. The van der Waals surface area contributed by atoms with Gasteiger partial charge in [0, 0.05) is 20.0 Å². The lowest BCUT2D eigenvalue weighted by Gasteiger charge is -2.41. The summed E-state index contributed by atoms with van der Waals surface area (Å²) in [6, 6.07) is 3.03. The molecule has 0 saturated carbocycles. The van der Waals surface area contributed by atoms with E-state index in [4.69, 9.17) is 9.84 Å². The molecule has 0 radical (unpaired) electrons. The van der Waals surface area contributed by atoms with Crippen LogP contribution in [-0.2, 0) is 4.79 Å². The van der Waals surface area contributed by atoms with E-state index >= 15 is 0 Å². The first kappa shape index (κ1) is 13.2. The molecule has 1 saturated heterocycles. The number of aliphatic carboxylic acids is 1. The third kappa shape index (κ3) is 2.79. The summed E-state index contributed by atoms with van der Waals surface area (Å²) in [6.45, 7) is 2.31. The standard InChI is InChI=1S/C11H13N3O5/c1-7-2-3-8(10(13-7)14(17)18)19-11(4-9(15)16)5-12-6-11/h2-3,12H,4-6H2,1H3,(H,15,16). The number of aryl methyl sites for hydroxylation is 1. The number of hydrogen-bond acceptors (Lipinski definition) is 6. The molecule has 1 aliphatic heterocycles. The molecule has 0 atom stereocenters. The molecule has 0 aliphatic carbocycles.